The molecule has 0 saturated carbocycles. The fourth-order valence-corrected chi connectivity index (χ4v) is 2.86. The largest absolute Gasteiger partial charge is 0.444 e. The lowest BCUT2D eigenvalue weighted by Crippen LogP contribution is -2.53. The maximum Gasteiger partial charge on any atom is 0.410 e. The molecule has 134 valence electrons. The van der Waals surface area contributed by atoms with Crippen molar-refractivity contribution in [3.05, 3.63) is 46.5 Å². The van der Waals surface area contributed by atoms with Gasteiger partial charge in [-0.15, -0.1) is 6.58 Å². The van der Waals surface area contributed by atoms with Crippen LogP contribution in [0.1, 0.15) is 32.8 Å². The molecule has 0 heterocycles. The van der Waals surface area contributed by atoms with E-state index >= 15 is 0 Å². The highest BCUT2D eigenvalue weighted by molar-refractivity contribution is 6.42. The summed E-state index contributed by atoms with van der Waals surface area (Å²) < 4.78 is 5.54. The number of halogens is 2. The van der Waals surface area contributed by atoms with E-state index in [-0.39, 0.29) is 0 Å². The average molecular weight is 373 g/mol. The van der Waals surface area contributed by atoms with E-state index < -0.39 is 17.2 Å². The van der Waals surface area contributed by atoms with Crippen LogP contribution in [-0.2, 0) is 10.3 Å². The van der Waals surface area contributed by atoms with Gasteiger partial charge < -0.3 is 10.1 Å². The Kier molecular flexibility index (Phi) is 7.14. The second kappa shape index (κ2) is 8.24. The topological polar surface area (TPSA) is 41.6 Å². The van der Waals surface area contributed by atoms with Gasteiger partial charge in [0, 0.05) is 13.6 Å². The van der Waals surface area contributed by atoms with Gasteiger partial charge in [-0.3, -0.25) is 4.90 Å². The monoisotopic (exact) mass is 372 g/mol. The van der Waals surface area contributed by atoms with Crippen LogP contribution >= 0.6 is 23.2 Å². The first-order valence-corrected chi connectivity index (χ1v) is 8.51. The Bertz CT molecular complexity index is 599. The lowest BCUT2D eigenvalue weighted by molar-refractivity contribution is 0.00434. The first-order chi connectivity index (χ1) is 11.1. The maximum atomic E-state index is 12.7. The molecule has 0 spiro atoms. The molecule has 1 rings (SSSR count). The third kappa shape index (κ3) is 4.88. The minimum Gasteiger partial charge on any atom is -0.444 e. The van der Waals surface area contributed by atoms with Gasteiger partial charge in [-0.05, 0) is 51.9 Å². The summed E-state index contributed by atoms with van der Waals surface area (Å²) in [5, 5.41) is 4.06. The lowest BCUT2D eigenvalue weighted by Gasteiger charge is -2.42. The van der Waals surface area contributed by atoms with Gasteiger partial charge in [-0.1, -0.05) is 35.3 Å². The lowest BCUT2D eigenvalue weighted by atomic mass is 9.85. The Morgan fingerprint density at radius 1 is 1.33 bits per heavy atom. The molecule has 0 saturated heterocycles. The summed E-state index contributed by atoms with van der Waals surface area (Å²) in [7, 11) is 3.55. The van der Waals surface area contributed by atoms with Crippen molar-refractivity contribution in [2.75, 3.05) is 20.6 Å². The van der Waals surface area contributed by atoms with Crippen molar-refractivity contribution in [2.45, 2.75) is 38.3 Å². The Morgan fingerprint density at radius 3 is 2.42 bits per heavy atom. The second-order valence-electron chi connectivity index (χ2n) is 6.72. The molecule has 24 heavy (non-hydrogen) atoms. The molecule has 0 unspecified atom stereocenters. The number of carbonyl (C=O) groups excluding carboxylic acids is 1. The maximum absolute atomic E-state index is 12.7. The molecule has 6 heteroatoms. The summed E-state index contributed by atoms with van der Waals surface area (Å²) in [6.45, 7) is 9.87. The van der Waals surface area contributed by atoms with E-state index in [1.807, 2.05) is 33.9 Å². The van der Waals surface area contributed by atoms with E-state index in [0.29, 0.717) is 23.0 Å². The van der Waals surface area contributed by atoms with Gasteiger partial charge >= 0.3 is 6.09 Å². The number of hydrogen-bond donors (Lipinski definition) is 1. The number of hydrogen-bond acceptors (Lipinski definition) is 3. The molecule has 1 amide bonds. The summed E-state index contributed by atoms with van der Waals surface area (Å²) in [5.74, 6) is 0. The molecule has 1 atom stereocenters. The van der Waals surface area contributed by atoms with Gasteiger partial charge in [0.1, 0.15) is 5.60 Å². The van der Waals surface area contributed by atoms with Gasteiger partial charge in [0.15, 0.2) is 0 Å². The Morgan fingerprint density at radius 2 is 1.96 bits per heavy atom. The number of carbonyl (C=O) groups is 1. The second-order valence-corrected chi connectivity index (χ2v) is 7.54. The third-order valence-electron chi connectivity index (χ3n) is 3.72. The number of likely N-dealkylation sites (N-methyl/N-ethyl adjacent to an activating group) is 2. The van der Waals surface area contributed by atoms with Crippen LogP contribution in [-0.4, -0.2) is 37.2 Å². The Hall–Kier alpha value is -1.23. The van der Waals surface area contributed by atoms with E-state index in [4.69, 9.17) is 27.9 Å². The van der Waals surface area contributed by atoms with E-state index in [9.17, 15) is 4.79 Å². The molecule has 0 fully saturated rings. The van der Waals surface area contributed by atoms with Crippen LogP contribution in [0.15, 0.2) is 30.9 Å². The molecule has 0 bridgehead atoms. The standard InChI is InChI=1S/C18H26Cl2N2O2/c1-7-10-18(12-21-5,13-8-9-14(19)15(20)11-13)22(6)16(23)24-17(2,3)4/h7-9,11,21H,1,10,12H2,2-6H3/t18-/m1/s1. The molecule has 0 radical (unpaired) electrons. The summed E-state index contributed by atoms with van der Waals surface area (Å²) in [6, 6.07) is 5.39. The fourth-order valence-electron chi connectivity index (χ4n) is 2.56. The highest BCUT2D eigenvalue weighted by Gasteiger charge is 2.40. The highest BCUT2D eigenvalue weighted by Crippen LogP contribution is 2.36. The smallest absolute Gasteiger partial charge is 0.410 e. The minimum absolute atomic E-state index is 0.411. The number of rotatable bonds is 6. The molecule has 0 aromatic heterocycles. The van der Waals surface area contributed by atoms with Crippen molar-refractivity contribution in [3.8, 4) is 0 Å². The number of nitrogens with zero attached hydrogens (tertiary/aromatic N) is 1. The van der Waals surface area contributed by atoms with Crippen molar-refractivity contribution in [3.63, 3.8) is 0 Å². The van der Waals surface area contributed by atoms with Gasteiger partial charge in [-0.2, -0.15) is 0 Å². The van der Waals surface area contributed by atoms with E-state index in [0.717, 1.165) is 5.56 Å². The van der Waals surface area contributed by atoms with Crippen molar-refractivity contribution in [2.24, 2.45) is 0 Å². The quantitative estimate of drug-likeness (QED) is 0.725. The molecule has 1 aromatic rings. The molecule has 0 aliphatic carbocycles. The summed E-state index contributed by atoms with van der Waals surface area (Å²) in [4.78, 5) is 14.3. The van der Waals surface area contributed by atoms with Crippen molar-refractivity contribution in [1.29, 1.82) is 0 Å². The fraction of sp³-hybridized carbons (Fsp3) is 0.500. The molecular weight excluding hydrogens is 347 g/mol. The number of ether oxygens (including phenoxy) is 1. The van der Waals surface area contributed by atoms with Crippen molar-refractivity contribution >= 4 is 29.3 Å². The molecule has 0 aliphatic heterocycles. The van der Waals surface area contributed by atoms with Crippen LogP contribution in [0.5, 0.6) is 0 Å². The van der Waals surface area contributed by atoms with Gasteiger partial charge in [0.25, 0.3) is 0 Å². The van der Waals surface area contributed by atoms with E-state index in [2.05, 4.69) is 11.9 Å². The summed E-state index contributed by atoms with van der Waals surface area (Å²) in [5.41, 5.74) is -0.408. The summed E-state index contributed by atoms with van der Waals surface area (Å²) in [6.07, 6.45) is 1.90. The zero-order valence-electron chi connectivity index (χ0n) is 15.0. The molecular formula is C18H26Cl2N2O2. The first kappa shape index (κ1) is 20.8. The van der Waals surface area contributed by atoms with Crippen LogP contribution in [0.2, 0.25) is 10.0 Å². The van der Waals surface area contributed by atoms with E-state index in [1.165, 1.54) is 0 Å². The summed E-state index contributed by atoms with van der Waals surface area (Å²) >= 11 is 12.2. The number of nitrogens with one attached hydrogen (secondary N) is 1. The Balaban J connectivity index is 3.38. The molecule has 1 N–H and O–H groups in total. The predicted octanol–water partition coefficient (Wildman–Crippen LogP) is 4.85. The van der Waals surface area contributed by atoms with Gasteiger partial charge in [0.05, 0.1) is 15.6 Å². The molecule has 0 aliphatic rings. The molecule has 1 aromatic carbocycles. The molecule has 4 nitrogen and oxygen atoms in total. The van der Waals surface area contributed by atoms with Crippen LogP contribution in [0.25, 0.3) is 0 Å². The zero-order valence-corrected chi connectivity index (χ0v) is 16.5. The zero-order chi connectivity index (χ0) is 18.5. The SMILES string of the molecule is C=CC[C@@](CNC)(c1ccc(Cl)c(Cl)c1)N(C)C(=O)OC(C)(C)C. The number of amides is 1. The minimum atomic E-state index is -0.687. The van der Waals surface area contributed by atoms with Crippen molar-refractivity contribution < 1.29 is 9.53 Å². The Labute approximate surface area is 154 Å². The van der Waals surface area contributed by atoms with Crippen LogP contribution in [0, 0.1) is 0 Å². The van der Waals surface area contributed by atoms with Crippen LogP contribution in [0.3, 0.4) is 0 Å². The predicted molar refractivity (Wildman–Crippen MR) is 101 cm³/mol. The third-order valence-corrected chi connectivity index (χ3v) is 4.46. The number of benzene rings is 1. The normalized spacial score (nSPS) is 14.0. The van der Waals surface area contributed by atoms with E-state index in [1.54, 1.807) is 30.2 Å². The van der Waals surface area contributed by atoms with Gasteiger partial charge in [0.2, 0.25) is 0 Å². The van der Waals surface area contributed by atoms with Crippen LogP contribution in [0.4, 0.5) is 4.79 Å². The average Bonchev–Trinajstić information content (AvgIpc) is 2.47. The van der Waals surface area contributed by atoms with Crippen molar-refractivity contribution in [1.82, 2.24) is 10.2 Å². The van der Waals surface area contributed by atoms with Crippen LogP contribution < -0.4 is 5.32 Å². The highest BCUT2D eigenvalue weighted by atomic mass is 35.5. The van der Waals surface area contributed by atoms with Gasteiger partial charge in [-0.25, -0.2) is 4.79 Å². The first-order valence-electron chi connectivity index (χ1n) is 7.75.